The molecule has 1 aliphatic rings. The number of pyridine rings is 1. The molecule has 0 aliphatic heterocycles. The third-order valence-electron chi connectivity index (χ3n) is 4.51. The second-order valence-corrected chi connectivity index (χ2v) is 6.27. The molecule has 0 saturated heterocycles. The molecule has 1 fully saturated rings. The van der Waals surface area contributed by atoms with Crippen molar-refractivity contribution < 1.29 is 0 Å². The van der Waals surface area contributed by atoms with Gasteiger partial charge in [0.2, 0.25) is 0 Å². The summed E-state index contributed by atoms with van der Waals surface area (Å²) in [6.45, 7) is 2.68. The fraction of sp³-hybridized carbons (Fsp3) is 0.500. The standard InChI is InChI=1S/C18H26N6/c1-14-20-10-11-24(14)17-9-8-15(12-21-17)13-22-18(19-2)23-16-6-4-3-5-7-16/h8-12,16H,3-7,13H2,1-2H3,(H2,19,22,23). The van der Waals surface area contributed by atoms with Gasteiger partial charge in [-0.3, -0.25) is 9.56 Å². The van der Waals surface area contributed by atoms with Gasteiger partial charge >= 0.3 is 0 Å². The summed E-state index contributed by atoms with van der Waals surface area (Å²) in [6, 6.07) is 4.65. The lowest BCUT2D eigenvalue weighted by Gasteiger charge is -2.24. The van der Waals surface area contributed by atoms with Crippen molar-refractivity contribution in [1.29, 1.82) is 0 Å². The molecule has 6 heteroatoms. The largest absolute Gasteiger partial charge is 0.354 e. The molecule has 0 bridgehead atoms. The molecular weight excluding hydrogens is 300 g/mol. The molecule has 1 aliphatic carbocycles. The van der Waals surface area contributed by atoms with E-state index in [9.17, 15) is 0 Å². The second-order valence-electron chi connectivity index (χ2n) is 6.27. The fourth-order valence-corrected chi connectivity index (χ4v) is 3.10. The van der Waals surface area contributed by atoms with Crippen molar-refractivity contribution in [3.63, 3.8) is 0 Å². The second kappa shape index (κ2) is 7.95. The number of nitrogens with zero attached hydrogens (tertiary/aromatic N) is 4. The quantitative estimate of drug-likeness (QED) is 0.669. The summed E-state index contributed by atoms with van der Waals surface area (Å²) in [5, 5.41) is 6.90. The summed E-state index contributed by atoms with van der Waals surface area (Å²) < 4.78 is 1.97. The van der Waals surface area contributed by atoms with Gasteiger partial charge in [-0.1, -0.05) is 25.3 Å². The maximum Gasteiger partial charge on any atom is 0.191 e. The SMILES string of the molecule is CN=C(NCc1ccc(-n2ccnc2C)nc1)NC1CCCCC1. The summed E-state index contributed by atoms with van der Waals surface area (Å²) in [5.74, 6) is 2.69. The Labute approximate surface area is 143 Å². The van der Waals surface area contributed by atoms with Crippen LogP contribution in [0.2, 0.25) is 0 Å². The van der Waals surface area contributed by atoms with Gasteiger partial charge in [0.1, 0.15) is 11.6 Å². The zero-order chi connectivity index (χ0) is 16.8. The van der Waals surface area contributed by atoms with Gasteiger partial charge in [-0.25, -0.2) is 9.97 Å². The number of nitrogens with one attached hydrogen (secondary N) is 2. The topological polar surface area (TPSA) is 67.1 Å². The van der Waals surface area contributed by atoms with Gasteiger partial charge in [-0.15, -0.1) is 0 Å². The molecule has 3 rings (SSSR count). The third kappa shape index (κ3) is 4.13. The van der Waals surface area contributed by atoms with Gasteiger partial charge in [-0.2, -0.15) is 0 Å². The predicted molar refractivity (Wildman–Crippen MR) is 96.3 cm³/mol. The highest BCUT2D eigenvalue weighted by atomic mass is 15.2. The van der Waals surface area contributed by atoms with E-state index >= 15 is 0 Å². The molecule has 0 atom stereocenters. The Morgan fingerprint density at radius 1 is 1.25 bits per heavy atom. The number of hydrogen-bond acceptors (Lipinski definition) is 3. The maximum atomic E-state index is 4.52. The van der Waals surface area contributed by atoms with E-state index in [2.05, 4.69) is 31.7 Å². The molecule has 0 radical (unpaired) electrons. The Morgan fingerprint density at radius 2 is 2.08 bits per heavy atom. The van der Waals surface area contributed by atoms with E-state index in [1.54, 1.807) is 6.20 Å². The Bertz CT molecular complexity index is 667. The van der Waals surface area contributed by atoms with Crippen LogP contribution in [0.15, 0.2) is 35.7 Å². The average molecular weight is 326 g/mol. The van der Waals surface area contributed by atoms with E-state index in [1.807, 2.05) is 37.0 Å². The van der Waals surface area contributed by atoms with Crippen LogP contribution < -0.4 is 10.6 Å². The van der Waals surface area contributed by atoms with Crippen molar-refractivity contribution in [3.05, 3.63) is 42.1 Å². The molecule has 0 spiro atoms. The van der Waals surface area contributed by atoms with E-state index in [1.165, 1.54) is 32.1 Å². The highest BCUT2D eigenvalue weighted by Crippen LogP contribution is 2.17. The number of hydrogen-bond donors (Lipinski definition) is 2. The highest BCUT2D eigenvalue weighted by Gasteiger charge is 2.14. The van der Waals surface area contributed by atoms with Gasteiger partial charge in [0.05, 0.1) is 0 Å². The summed E-state index contributed by atoms with van der Waals surface area (Å²) in [7, 11) is 1.82. The number of aromatic nitrogens is 3. The number of aryl methyl sites for hydroxylation is 1. The van der Waals surface area contributed by atoms with Crippen molar-refractivity contribution in [2.75, 3.05) is 7.05 Å². The molecule has 128 valence electrons. The number of guanidine groups is 1. The molecule has 2 heterocycles. The molecule has 2 aromatic heterocycles. The van der Waals surface area contributed by atoms with Crippen LogP contribution in [0.25, 0.3) is 5.82 Å². The maximum absolute atomic E-state index is 4.52. The first-order valence-electron chi connectivity index (χ1n) is 8.68. The van der Waals surface area contributed by atoms with Crippen LogP contribution in [-0.2, 0) is 6.54 Å². The van der Waals surface area contributed by atoms with Gasteiger partial charge in [-0.05, 0) is 31.4 Å². The molecule has 0 amide bonds. The van der Waals surface area contributed by atoms with Gasteiger partial charge in [0.15, 0.2) is 5.96 Å². The molecule has 1 saturated carbocycles. The minimum atomic E-state index is 0.551. The lowest BCUT2D eigenvalue weighted by atomic mass is 9.96. The van der Waals surface area contributed by atoms with Crippen LogP contribution in [0, 0.1) is 6.92 Å². The first-order chi connectivity index (χ1) is 11.8. The fourth-order valence-electron chi connectivity index (χ4n) is 3.10. The zero-order valence-electron chi connectivity index (χ0n) is 14.5. The first-order valence-corrected chi connectivity index (χ1v) is 8.68. The smallest absolute Gasteiger partial charge is 0.191 e. The van der Waals surface area contributed by atoms with Crippen LogP contribution in [0.4, 0.5) is 0 Å². The molecular formula is C18H26N6. The van der Waals surface area contributed by atoms with Crippen LogP contribution >= 0.6 is 0 Å². The number of imidazole rings is 1. The third-order valence-corrected chi connectivity index (χ3v) is 4.51. The van der Waals surface area contributed by atoms with E-state index in [-0.39, 0.29) is 0 Å². The van der Waals surface area contributed by atoms with Gasteiger partial charge in [0.25, 0.3) is 0 Å². The summed E-state index contributed by atoms with van der Waals surface area (Å²) in [4.78, 5) is 13.1. The summed E-state index contributed by atoms with van der Waals surface area (Å²) in [5.41, 5.74) is 1.13. The van der Waals surface area contributed by atoms with Crippen LogP contribution in [0.3, 0.4) is 0 Å². The Kier molecular flexibility index (Phi) is 5.46. The predicted octanol–water partition coefficient (Wildman–Crippen LogP) is 2.57. The molecule has 2 N–H and O–H groups in total. The average Bonchev–Trinajstić information content (AvgIpc) is 3.06. The van der Waals surface area contributed by atoms with Crippen molar-refractivity contribution in [1.82, 2.24) is 25.2 Å². The Balaban J connectivity index is 1.54. The highest BCUT2D eigenvalue weighted by molar-refractivity contribution is 5.79. The summed E-state index contributed by atoms with van der Waals surface area (Å²) >= 11 is 0. The lowest BCUT2D eigenvalue weighted by Crippen LogP contribution is -2.43. The van der Waals surface area contributed by atoms with E-state index in [4.69, 9.17) is 0 Å². The zero-order valence-corrected chi connectivity index (χ0v) is 14.5. The Morgan fingerprint density at radius 3 is 2.71 bits per heavy atom. The van der Waals surface area contributed by atoms with Crippen molar-refractivity contribution in [2.45, 2.75) is 51.6 Å². The van der Waals surface area contributed by atoms with Gasteiger partial charge in [0, 0.05) is 38.2 Å². The number of aliphatic imine (C=N–C) groups is 1. The Hall–Kier alpha value is -2.37. The van der Waals surface area contributed by atoms with Crippen LogP contribution in [0.1, 0.15) is 43.5 Å². The van der Waals surface area contributed by atoms with Crippen molar-refractivity contribution >= 4 is 5.96 Å². The molecule has 6 nitrogen and oxygen atoms in total. The van der Waals surface area contributed by atoms with Crippen LogP contribution in [-0.4, -0.2) is 33.6 Å². The van der Waals surface area contributed by atoms with E-state index in [0.29, 0.717) is 12.6 Å². The summed E-state index contributed by atoms with van der Waals surface area (Å²) in [6.07, 6.45) is 12.1. The minimum Gasteiger partial charge on any atom is -0.354 e. The lowest BCUT2D eigenvalue weighted by molar-refractivity contribution is 0.410. The normalized spacial score (nSPS) is 16.2. The molecule has 0 unspecified atom stereocenters. The van der Waals surface area contributed by atoms with Crippen LogP contribution in [0.5, 0.6) is 0 Å². The first kappa shape index (κ1) is 16.5. The van der Waals surface area contributed by atoms with Crippen molar-refractivity contribution in [3.8, 4) is 5.82 Å². The van der Waals surface area contributed by atoms with Gasteiger partial charge < -0.3 is 10.6 Å². The van der Waals surface area contributed by atoms with Crippen molar-refractivity contribution in [2.24, 2.45) is 4.99 Å². The van der Waals surface area contributed by atoms with E-state index < -0.39 is 0 Å². The molecule has 24 heavy (non-hydrogen) atoms. The monoisotopic (exact) mass is 326 g/mol. The number of rotatable bonds is 4. The van der Waals surface area contributed by atoms with E-state index in [0.717, 1.165) is 23.2 Å². The molecule has 0 aromatic carbocycles. The minimum absolute atomic E-state index is 0.551. The molecule has 2 aromatic rings.